The molecule has 1 aromatic carbocycles. The van der Waals surface area contributed by atoms with E-state index >= 15 is 0 Å². The van der Waals surface area contributed by atoms with Gasteiger partial charge in [0.1, 0.15) is 0 Å². The summed E-state index contributed by atoms with van der Waals surface area (Å²) < 4.78 is 25.9. The number of thioether (sulfide) groups is 1. The summed E-state index contributed by atoms with van der Waals surface area (Å²) in [5.74, 6) is -2.77. The van der Waals surface area contributed by atoms with Crippen LogP contribution in [0.25, 0.3) is 0 Å². The lowest BCUT2D eigenvalue weighted by atomic mass is 10.4. The summed E-state index contributed by atoms with van der Waals surface area (Å²) in [7, 11) is 0. The molecule has 0 saturated heterocycles. The molecule has 0 nitrogen and oxygen atoms in total. The monoisotopic (exact) mass is 266 g/mol. The van der Waals surface area contributed by atoms with Gasteiger partial charge in [-0.15, -0.1) is 11.8 Å². The van der Waals surface area contributed by atoms with Crippen molar-refractivity contribution in [2.75, 3.05) is 5.75 Å². The molecule has 0 amide bonds. The Hall–Kier alpha value is -0.0900. The molecule has 4 heteroatoms. The van der Waals surface area contributed by atoms with E-state index in [1.807, 2.05) is 24.3 Å². The predicted octanol–water partition coefficient (Wildman–Crippen LogP) is 4.20. The molecule has 1 aromatic rings. The van der Waals surface area contributed by atoms with Crippen LogP contribution in [-0.2, 0) is 0 Å². The molecular weight excluding hydrogens is 258 g/mol. The molecule has 0 N–H and O–H groups in total. The van der Waals surface area contributed by atoms with Crippen LogP contribution in [-0.4, -0.2) is 11.7 Å². The molecule has 0 aliphatic heterocycles. The largest absolute Gasteiger partial charge is 0.254 e. The van der Waals surface area contributed by atoms with Gasteiger partial charge in [0, 0.05) is 16.3 Å². The highest BCUT2D eigenvalue weighted by Gasteiger charge is 2.20. The van der Waals surface area contributed by atoms with E-state index in [1.165, 1.54) is 11.8 Å². The maximum atomic E-state index is 12.5. The minimum absolute atomic E-state index is 0.172. The molecule has 0 atom stereocenters. The number of hydrogen-bond donors (Lipinski definition) is 0. The second-order valence-electron chi connectivity index (χ2n) is 2.81. The Morgan fingerprint density at radius 2 is 1.85 bits per heavy atom. The molecule has 0 unspecified atom stereocenters. The summed E-state index contributed by atoms with van der Waals surface area (Å²) in [6, 6.07) is 7.33. The first-order valence-corrected chi connectivity index (χ1v) is 5.51. The number of benzene rings is 1. The van der Waals surface area contributed by atoms with E-state index in [-0.39, 0.29) is 5.75 Å². The van der Waals surface area contributed by atoms with E-state index in [2.05, 4.69) is 15.9 Å². The highest BCUT2D eigenvalue weighted by molar-refractivity contribution is 9.10. The highest BCUT2D eigenvalue weighted by Crippen LogP contribution is 2.26. The van der Waals surface area contributed by atoms with Crippen LogP contribution in [0.2, 0.25) is 0 Å². The third-order valence-corrected chi connectivity index (χ3v) is 3.09. The third kappa shape index (κ3) is 4.62. The summed E-state index contributed by atoms with van der Waals surface area (Å²) in [5, 5.41) is 0. The van der Waals surface area contributed by atoms with Gasteiger partial charge < -0.3 is 0 Å². The first-order chi connectivity index (χ1) is 5.97. The van der Waals surface area contributed by atoms with Gasteiger partial charge in [0.15, 0.2) is 0 Å². The summed E-state index contributed by atoms with van der Waals surface area (Å²) in [6.07, 6.45) is 0. The lowest BCUT2D eigenvalue weighted by Gasteiger charge is -2.08. The van der Waals surface area contributed by atoms with E-state index in [4.69, 9.17) is 0 Å². The Bertz CT molecular complexity index is 266. The molecule has 0 saturated carbocycles. The van der Waals surface area contributed by atoms with Gasteiger partial charge in [-0.2, -0.15) is 0 Å². The number of hydrogen-bond acceptors (Lipinski definition) is 1. The van der Waals surface area contributed by atoms with Crippen LogP contribution < -0.4 is 0 Å². The molecule has 0 spiro atoms. The standard InChI is InChI=1S/C9H9BrF2S/c1-9(11,12)6-13-8-4-2-7(10)3-5-8/h2-5H,6H2,1H3. The fourth-order valence-corrected chi connectivity index (χ4v) is 1.75. The van der Waals surface area contributed by atoms with Crippen LogP contribution in [0.1, 0.15) is 6.92 Å². The molecule has 0 aromatic heterocycles. The number of rotatable bonds is 3. The second kappa shape index (κ2) is 4.42. The van der Waals surface area contributed by atoms with Gasteiger partial charge in [0.2, 0.25) is 0 Å². The van der Waals surface area contributed by atoms with Gasteiger partial charge in [0.25, 0.3) is 5.92 Å². The van der Waals surface area contributed by atoms with Crippen LogP contribution in [0, 0.1) is 0 Å². The van der Waals surface area contributed by atoms with Gasteiger partial charge in [-0.1, -0.05) is 15.9 Å². The van der Waals surface area contributed by atoms with Crippen molar-refractivity contribution in [3.8, 4) is 0 Å². The quantitative estimate of drug-likeness (QED) is 0.740. The maximum Gasteiger partial charge on any atom is 0.254 e. The van der Waals surface area contributed by atoms with E-state index in [0.29, 0.717) is 0 Å². The fraction of sp³-hybridized carbons (Fsp3) is 0.333. The Kier molecular flexibility index (Phi) is 3.74. The molecule has 13 heavy (non-hydrogen) atoms. The minimum atomic E-state index is -2.60. The Morgan fingerprint density at radius 1 is 1.31 bits per heavy atom. The molecular formula is C9H9BrF2S. The normalized spacial score (nSPS) is 11.7. The van der Waals surface area contributed by atoms with E-state index in [1.54, 1.807) is 0 Å². The van der Waals surface area contributed by atoms with Crippen molar-refractivity contribution in [1.82, 2.24) is 0 Å². The molecule has 0 fully saturated rings. The topological polar surface area (TPSA) is 0 Å². The maximum absolute atomic E-state index is 12.5. The second-order valence-corrected chi connectivity index (χ2v) is 4.78. The number of halogens is 3. The summed E-state index contributed by atoms with van der Waals surface area (Å²) in [4.78, 5) is 0.865. The average molecular weight is 267 g/mol. The summed E-state index contributed by atoms with van der Waals surface area (Å²) in [5.41, 5.74) is 0. The Balaban J connectivity index is 2.51. The molecule has 0 bridgehead atoms. The van der Waals surface area contributed by atoms with Crippen LogP contribution in [0.3, 0.4) is 0 Å². The molecule has 72 valence electrons. The predicted molar refractivity (Wildman–Crippen MR) is 55.5 cm³/mol. The van der Waals surface area contributed by atoms with Crippen LogP contribution in [0.4, 0.5) is 8.78 Å². The first-order valence-electron chi connectivity index (χ1n) is 3.73. The molecule has 1 rings (SSSR count). The van der Waals surface area contributed by atoms with E-state index in [0.717, 1.165) is 16.3 Å². The first kappa shape index (κ1) is 11.0. The highest BCUT2D eigenvalue weighted by atomic mass is 79.9. The SMILES string of the molecule is CC(F)(F)CSc1ccc(Br)cc1. The van der Waals surface area contributed by atoms with Crippen LogP contribution in [0.5, 0.6) is 0 Å². The minimum Gasteiger partial charge on any atom is -0.206 e. The van der Waals surface area contributed by atoms with Gasteiger partial charge in [-0.3, -0.25) is 0 Å². The van der Waals surface area contributed by atoms with Crippen molar-refractivity contribution in [2.45, 2.75) is 17.7 Å². The van der Waals surface area contributed by atoms with Crippen molar-refractivity contribution in [3.63, 3.8) is 0 Å². The van der Waals surface area contributed by atoms with Gasteiger partial charge >= 0.3 is 0 Å². The zero-order valence-corrected chi connectivity index (χ0v) is 9.46. The van der Waals surface area contributed by atoms with Crippen molar-refractivity contribution < 1.29 is 8.78 Å². The molecule has 0 radical (unpaired) electrons. The summed E-state index contributed by atoms with van der Waals surface area (Å²) in [6.45, 7) is 0.929. The average Bonchev–Trinajstić information content (AvgIpc) is 2.02. The van der Waals surface area contributed by atoms with Crippen LogP contribution in [0.15, 0.2) is 33.6 Å². The number of alkyl halides is 2. The molecule has 0 aliphatic carbocycles. The summed E-state index contributed by atoms with van der Waals surface area (Å²) >= 11 is 4.44. The smallest absolute Gasteiger partial charge is 0.206 e. The molecule has 0 aliphatic rings. The fourth-order valence-electron chi connectivity index (χ4n) is 0.741. The third-order valence-electron chi connectivity index (χ3n) is 1.31. The van der Waals surface area contributed by atoms with Crippen LogP contribution >= 0.6 is 27.7 Å². The zero-order chi connectivity index (χ0) is 9.90. The van der Waals surface area contributed by atoms with E-state index < -0.39 is 5.92 Å². The molecule has 0 heterocycles. The lowest BCUT2D eigenvalue weighted by molar-refractivity contribution is 0.0492. The Morgan fingerprint density at radius 3 is 2.31 bits per heavy atom. The van der Waals surface area contributed by atoms with Crippen molar-refractivity contribution >= 4 is 27.7 Å². The van der Waals surface area contributed by atoms with Crippen molar-refractivity contribution in [1.29, 1.82) is 0 Å². The van der Waals surface area contributed by atoms with Gasteiger partial charge in [-0.25, -0.2) is 8.78 Å². The van der Waals surface area contributed by atoms with Gasteiger partial charge in [-0.05, 0) is 24.3 Å². The van der Waals surface area contributed by atoms with Gasteiger partial charge in [0.05, 0.1) is 5.75 Å². The van der Waals surface area contributed by atoms with Crippen molar-refractivity contribution in [3.05, 3.63) is 28.7 Å². The zero-order valence-electron chi connectivity index (χ0n) is 7.06. The van der Waals surface area contributed by atoms with E-state index in [9.17, 15) is 8.78 Å². The Labute approximate surface area is 88.8 Å². The van der Waals surface area contributed by atoms with Crippen molar-refractivity contribution in [2.24, 2.45) is 0 Å². The lowest BCUT2D eigenvalue weighted by Crippen LogP contribution is -2.12.